The first-order chi connectivity index (χ1) is 7.77. The first-order valence-electron chi connectivity index (χ1n) is 6.69. The molecule has 2 saturated carbocycles. The van der Waals surface area contributed by atoms with Crippen LogP contribution in [0.2, 0.25) is 0 Å². The lowest BCUT2D eigenvalue weighted by atomic mass is 9.83. The Morgan fingerprint density at radius 1 is 1.12 bits per heavy atom. The minimum atomic E-state index is -0.0495. The second-order valence-corrected chi connectivity index (χ2v) is 5.31. The monoisotopic (exact) mass is 225 g/mol. The van der Waals surface area contributed by atoms with Crippen molar-refractivity contribution in [3.8, 4) is 0 Å². The smallest absolute Gasteiger partial charge is 0.310 e. The molecule has 2 N–H and O–H groups in total. The minimum Gasteiger partial charge on any atom is -0.465 e. The number of nitrogens with two attached hydrogens (primary N) is 1. The largest absolute Gasteiger partial charge is 0.465 e. The maximum Gasteiger partial charge on any atom is 0.310 e. The zero-order valence-electron chi connectivity index (χ0n) is 9.99. The predicted octanol–water partition coefficient (Wildman–Crippen LogP) is 2.24. The van der Waals surface area contributed by atoms with Crippen LogP contribution in [0.1, 0.15) is 51.4 Å². The summed E-state index contributed by atoms with van der Waals surface area (Å²) in [5, 5.41) is 0. The SMILES string of the molecule is NC1CCCCC1C(=O)OCCC1CCC1. The highest BCUT2D eigenvalue weighted by molar-refractivity contribution is 5.73. The third kappa shape index (κ3) is 2.97. The fourth-order valence-electron chi connectivity index (χ4n) is 2.67. The molecule has 0 aromatic carbocycles. The van der Waals surface area contributed by atoms with Gasteiger partial charge in [-0.05, 0) is 25.2 Å². The van der Waals surface area contributed by atoms with Gasteiger partial charge in [-0.25, -0.2) is 0 Å². The Kier molecular flexibility index (Phi) is 4.22. The van der Waals surface area contributed by atoms with Crippen molar-refractivity contribution in [2.45, 2.75) is 57.4 Å². The van der Waals surface area contributed by atoms with Gasteiger partial charge in [0.2, 0.25) is 0 Å². The van der Waals surface area contributed by atoms with Crippen LogP contribution < -0.4 is 5.73 Å². The van der Waals surface area contributed by atoms with Crippen molar-refractivity contribution in [1.82, 2.24) is 0 Å². The van der Waals surface area contributed by atoms with Crippen LogP contribution in [0.4, 0.5) is 0 Å². The summed E-state index contributed by atoms with van der Waals surface area (Å²) < 4.78 is 5.34. The van der Waals surface area contributed by atoms with E-state index in [1.165, 1.54) is 19.3 Å². The summed E-state index contributed by atoms with van der Waals surface area (Å²) in [6.07, 6.45) is 9.22. The Hall–Kier alpha value is -0.570. The van der Waals surface area contributed by atoms with E-state index >= 15 is 0 Å². The van der Waals surface area contributed by atoms with E-state index in [4.69, 9.17) is 10.5 Å². The van der Waals surface area contributed by atoms with Crippen LogP contribution in [0.5, 0.6) is 0 Å². The molecule has 0 aromatic heterocycles. The number of ether oxygens (including phenoxy) is 1. The molecule has 2 fully saturated rings. The molecule has 0 saturated heterocycles. The van der Waals surface area contributed by atoms with Crippen LogP contribution in [0.3, 0.4) is 0 Å². The van der Waals surface area contributed by atoms with E-state index < -0.39 is 0 Å². The summed E-state index contributed by atoms with van der Waals surface area (Å²) in [5.41, 5.74) is 5.95. The van der Waals surface area contributed by atoms with E-state index in [0.29, 0.717) is 6.61 Å². The van der Waals surface area contributed by atoms with Gasteiger partial charge < -0.3 is 10.5 Å². The molecule has 92 valence electrons. The van der Waals surface area contributed by atoms with Gasteiger partial charge in [0.05, 0.1) is 12.5 Å². The van der Waals surface area contributed by atoms with Crippen LogP contribution in [-0.4, -0.2) is 18.6 Å². The number of esters is 1. The third-order valence-electron chi connectivity index (χ3n) is 4.12. The molecular formula is C13H23NO2. The molecule has 2 aliphatic rings. The van der Waals surface area contributed by atoms with Crippen LogP contribution in [-0.2, 0) is 9.53 Å². The lowest BCUT2D eigenvalue weighted by Crippen LogP contribution is -2.39. The molecule has 3 heteroatoms. The maximum atomic E-state index is 11.8. The number of carbonyl (C=O) groups excluding carboxylic acids is 1. The molecular weight excluding hydrogens is 202 g/mol. The van der Waals surface area contributed by atoms with E-state index in [1.807, 2.05) is 0 Å². The fourth-order valence-corrected chi connectivity index (χ4v) is 2.67. The summed E-state index contributed by atoms with van der Waals surface area (Å²) in [4.78, 5) is 11.8. The fraction of sp³-hybridized carbons (Fsp3) is 0.923. The Morgan fingerprint density at radius 2 is 1.88 bits per heavy atom. The van der Waals surface area contributed by atoms with Crippen molar-refractivity contribution < 1.29 is 9.53 Å². The van der Waals surface area contributed by atoms with Gasteiger partial charge in [-0.3, -0.25) is 4.79 Å². The second kappa shape index (κ2) is 5.67. The molecule has 0 spiro atoms. The number of hydrogen-bond acceptors (Lipinski definition) is 3. The number of rotatable bonds is 4. The standard InChI is InChI=1S/C13H23NO2/c14-12-7-2-1-6-11(12)13(15)16-9-8-10-4-3-5-10/h10-12H,1-9,14H2. The molecule has 0 heterocycles. The van der Waals surface area contributed by atoms with Crippen molar-refractivity contribution in [2.24, 2.45) is 17.6 Å². The Balaban J connectivity index is 1.65. The van der Waals surface area contributed by atoms with Crippen molar-refractivity contribution in [1.29, 1.82) is 0 Å². The summed E-state index contributed by atoms with van der Waals surface area (Å²) in [5.74, 6) is 0.731. The Morgan fingerprint density at radius 3 is 2.50 bits per heavy atom. The quantitative estimate of drug-likeness (QED) is 0.746. The number of hydrogen-bond donors (Lipinski definition) is 1. The highest BCUT2D eigenvalue weighted by atomic mass is 16.5. The highest BCUT2D eigenvalue weighted by Crippen LogP contribution is 2.29. The summed E-state index contributed by atoms with van der Waals surface area (Å²) in [7, 11) is 0. The minimum absolute atomic E-state index is 0.0323. The topological polar surface area (TPSA) is 52.3 Å². The molecule has 16 heavy (non-hydrogen) atoms. The van der Waals surface area contributed by atoms with Crippen molar-refractivity contribution in [2.75, 3.05) is 6.61 Å². The molecule has 2 rings (SSSR count). The van der Waals surface area contributed by atoms with E-state index in [2.05, 4.69) is 0 Å². The first-order valence-corrected chi connectivity index (χ1v) is 6.69. The van der Waals surface area contributed by atoms with Gasteiger partial charge in [0, 0.05) is 6.04 Å². The first kappa shape index (κ1) is 11.9. The van der Waals surface area contributed by atoms with E-state index in [-0.39, 0.29) is 17.9 Å². The van der Waals surface area contributed by atoms with Crippen LogP contribution >= 0.6 is 0 Å². The molecule has 2 atom stereocenters. The lowest BCUT2D eigenvalue weighted by Gasteiger charge is -2.28. The van der Waals surface area contributed by atoms with Gasteiger partial charge in [-0.15, -0.1) is 0 Å². The van der Waals surface area contributed by atoms with Gasteiger partial charge >= 0.3 is 5.97 Å². The summed E-state index contributed by atoms with van der Waals surface area (Å²) in [6, 6.07) is 0.0324. The highest BCUT2D eigenvalue weighted by Gasteiger charge is 2.29. The molecule has 0 radical (unpaired) electrons. The van der Waals surface area contributed by atoms with Gasteiger partial charge in [0.1, 0.15) is 0 Å². The zero-order valence-corrected chi connectivity index (χ0v) is 9.99. The van der Waals surface area contributed by atoms with Gasteiger partial charge in [-0.1, -0.05) is 32.1 Å². The average Bonchev–Trinajstić information content (AvgIpc) is 2.22. The van der Waals surface area contributed by atoms with E-state index in [9.17, 15) is 4.79 Å². The lowest BCUT2D eigenvalue weighted by molar-refractivity contribution is -0.150. The molecule has 0 amide bonds. The number of carbonyl (C=O) groups is 1. The van der Waals surface area contributed by atoms with Crippen LogP contribution in [0.25, 0.3) is 0 Å². The predicted molar refractivity (Wildman–Crippen MR) is 62.9 cm³/mol. The van der Waals surface area contributed by atoms with E-state index in [0.717, 1.165) is 38.0 Å². The molecule has 0 aromatic rings. The van der Waals surface area contributed by atoms with Crippen LogP contribution in [0.15, 0.2) is 0 Å². The van der Waals surface area contributed by atoms with Gasteiger partial charge in [0.25, 0.3) is 0 Å². The van der Waals surface area contributed by atoms with Crippen molar-refractivity contribution >= 4 is 5.97 Å². The summed E-state index contributed by atoms with van der Waals surface area (Å²) >= 11 is 0. The molecule has 2 aliphatic carbocycles. The normalized spacial score (nSPS) is 30.8. The summed E-state index contributed by atoms with van der Waals surface area (Å²) in [6.45, 7) is 0.604. The molecule has 3 nitrogen and oxygen atoms in total. The second-order valence-electron chi connectivity index (χ2n) is 5.31. The third-order valence-corrected chi connectivity index (χ3v) is 4.12. The maximum absolute atomic E-state index is 11.8. The van der Waals surface area contributed by atoms with Crippen LogP contribution in [0, 0.1) is 11.8 Å². The Bertz CT molecular complexity index is 238. The van der Waals surface area contributed by atoms with E-state index in [1.54, 1.807) is 0 Å². The molecule has 2 unspecified atom stereocenters. The van der Waals surface area contributed by atoms with Gasteiger partial charge in [0.15, 0.2) is 0 Å². The van der Waals surface area contributed by atoms with Crippen molar-refractivity contribution in [3.05, 3.63) is 0 Å². The molecule has 0 aliphatic heterocycles. The zero-order chi connectivity index (χ0) is 11.4. The average molecular weight is 225 g/mol. The van der Waals surface area contributed by atoms with Crippen molar-refractivity contribution in [3.63, 3.8) is 0 Å². The molecule has 0 bridgehead atoms. The van der Waals surface area contributed by atoms with Gasteiger partial charge in [-0.2, -0.15) is 0 Å². The Labute approximate surface area is 97.7 Å².